The Morgan fingerprint density at radius 3 is 3.08 bits per heavy atom. The van der Waals surface area contributed by atoms with E-state index in [9.17, 15) is 0 Å². The normalized spacial score (nSPS) is 15.5. The summed E-state index contributed by atoms with van der Waals surface area (Å²) in [6, 6.07) is 2.11. The standard InChI is InChI=1S/C9H12N2O2/c1-12-8-4-5-10-9(11-8)13-6-7-2-3-7/h4-5,7H,2-3,6H2,1H3. The average molecular weight is 180 g/mol. The lowest BCUT2D eigenvalue weighted by atomic mass is 10.5. The van der Waals surface area contributed by atoms with Crippen LogP contribution < -0.4 is 9.47 Å². The summed E-state index contributed by atoms with van der Waals surface area (Å²) >= 11 is 0. The van der Waals surface area contributed by atoms with E-state index in [2.05, 4.69) is 9.97 Å². The van der Waals surface area contributed by atoms with Crippen LogP contribution in [0.2, 0.25) is 0 Å². The summed E-state index contributed by atoms with van der Waals surface area (Å²) in [4.78, 5) is 8.01. The zero-order valence-corrected chi connectivity index (χ0v) is 7.56. The summed E-state index contributed by atoms with van der Waals surface area (Å²) in [6.45, 7) is 0.729. The van der Waals surface area contributed by atoms with Crippen molar-refractivity contribution in [1.82, 2.24) is 9.97 Å². The third-order valence-electron chi connectivity index (χ3n) is 1.96. The van der Waals surface area contributed by atoms with E-state index in [0.29, 0.717) is 11.9 Å². The number of hydrogen-bond acceptors (Lipinski definition) is 4. The number of rotatable bonds is 4. The van der Waals surface area contributed by atoms with Gasteiger partial charge in [-0.15, -0.1) is 0 Å². The van der Waals surface area contributed by atoms with Gasteiger partial charge in [0, 0.05) is 12.3 Å². The van der Waals surface area contributed by atoms with Crippen LogP contribution in [0.4, 0.5) is 0 Å². The Balaban J connectivity index is 1.93. The third kappa shape index (κ3) is 2.31. The van der Waals surface area contributed by atoms with Gasteiger partial charge in [-0.3, -0.25) is 0 Å². The van der Waals surface area contributed by atoms with Crippen molar-refractivity contribution in [3.63, 3.8) is 0 Å². The fourth-order valence-corrected chi connectivity index (χ4v) is 0.985. The highest BCUT2D eigenvalue weighted by molar-refractivity contribution is 5.10. The van der Waals surface area contributed by atoms with Crippen LogP contribution in [0.1, 0.15) is 12.8 Å². The molecule has 0 unspecified atom stereocenters. The van der Waals surface area contributed by atoms with E-state index in [1.54, 1.807) is 19.4 Å². The lowest BCUT2D eigenvalue weighted by molar-refractivity contribution is 0.270. The first kappa shape index (κ1) is 8.29. The second-order valence-electron chi connectivity index (χ2n) is 3.14. The largest absolute Gasteiger partial charge is 0.481 e. The Morgan fingerprint density at radius 2 is 2.38 bits per heavy atom. The van der Waals surface area contributed by atoms with E-state index >= 15 is 0 Å². The topological polar surface area (TPSA) is 44.2 Å². The molecule has 0 amide bonds. The summed E-state index contributed by atoms with van der Waals surface area (Å²) in [5.74, 6) is 1.26. The zero-order valence-electron chi connectivity index (χ0n) is 7.56. The molecule has 0 saturated heterocycles. The molecular weight excluding hydrogens is 168 g/mol. The van der Waals surface area contributed by atoms with Gasteiger partial charge in [0.05, 0.1) is 13.7 Å². The number of hydrogen-bond donors (Lipinski definition) is 0. The summed E-state index contributed by atoms with van der Waals surface area (Å²) in [7, 11) is 1.58. The van der Waals surface area contributed by atoms with Crippen LogP contribution in [0.25, 0.3) is 0 Å². The van der Waals surface area contributed by atoms with Gasteiger partial charge in [0.2, 0.25) is 5.88 Å². The molecule has 1 aliphatic carbocycles. The molecule has 0 radical (unpaired) electrons. The van der Waals surface area contributed by atoms with Crippen LogP contribution in [0, 0.1) is 5.92 Å². The maximum Gasteiger partial charge on any atom is 0.319 e. The summed E-state index contributed by atoms with van der Waals surface area (Å²) in [5.41, 5.74) is 0. The Hall–Kier alpha value is -1.32. The fourth-order valence-electron chi connectivity index (χ4n) is 0.985. The van der Waals surface area contributed by atoms with Gasteiger partial charge in [0.1, 0.15) is 0 Å². The zero-order chi connectivity index (χ0) is 9.10. The molecule has 2 rings (SSSR count). The maximum absolute atomic E-state index is 5.37. The molecule has 1 aliphatic rings. The molecule has 1 aromatic rings. The molecule has 70 valence electrons. The fraction of sp³-hybridized carbons (Fsp3) is 0.556. The minimum absolute atomic E-state index is 0.409. The predicted molar refractivity (Wildman–Crippen MR) is 46.8 cm³/mol. The van der Waals surface area contributed by atoms with Crippen LogP contribution in [-0.4, -0.2) is 23.7 Å². The Morgan fingerprint density at radius 1 is 1.54 bits per heavy atom. The molecule has 1 heterocycles. The molecular formula is C9H12N2O2. The summed E-state index contributed by atoms with van der Waals surface area (Å²) in [5, 5.41) is 0. The van der Waals surface area contributed by atoms with Gasteiger partial charge in [-0.05, 0) is 18.8 Å². The molecule has 4 heteroatoms. The monoisotopic (exact) mass is 180 g/mol. The highest BCUT2D eigenvalue weighted by Gasteiger charge is 2.22. The van der Waals surface area contributed by atoms with E-state index in [1.807, 2.05) is 0 Å². The van der Waals surface area contributed by atoms with Crippen molar-refractivity contribution in [2.24, 2.45) is 5.92 Å². The van der Waals surface area contributed by atoms with Crippen LogP contribution in [0.15, 0.2) is 12.3 Å². The molecule has 1 saturated carbocycles. The van der Waals surface area contributed by atoms with Crippen molar-refractivity contribution >= 4 is 0 Å². The predicted octanol–water partition coefficient (Wildman–Crippen LogP) is 1.27. The molecule has 0 aromatic carbocycles. The Kier molecular flexibility index (Phi) is 2.29. The first-order valence-corrected chi connectivity index (χ1v) is 4.38. The van der Waals surface area contributed by atoms with Crippen LogP contribution >= 0.6 is 0 Å². The van der Waals surface area contributed by atoms with E-state index in [-0.39, 0.29) is 0 Å². The number of ether oxygens (including phenoxy) is 2. The minimum Gasteiger partial charge on any atom is -0.481 e. The van der Waals surface area contributed by atoms with Crippen molar-refractivity contribution < 1.29 is 9.47 Å². The molecule has 0 aliphatic heterocycles. The van der Waals surface area contributed by atoms with Crippen LogP contribution in [-0.2, 0) is 0 Å². The molecule has 0 spiro atoms. The van der Waals surface area contributed by atoms with Gasteiger partial charge in [-0.1, -0.05) is 0 Å². The smallest absolute Gasteiger partial charge is 0.319 e. The van der Waals surface area contributed by atoms with Gasteiger partial charge in [0.15, 0.2) is 0 Å². The molecule has 0 N–H and O–H groups in total. The van der Waals surface area contributed by atoms with Gasteiger partial charge < -0.3 is 9.47 Å². The minimum atomic E-state index is 0.409. The van der Waals surface area contributed by atoms with Crippen LogP contribution in [0.3, 0.4) is 0 Å². The van der Waals surface area contributed by atoms with Crippen molar-refractivity contribution in [2.45, 2.75) is 12.8 Å². The van der Waals surface area contributed by atoms with E-state index in [4.69, 9.17) is 9.47 Å². The third-order valence-corrected chi connectivity index (χ3v) is 1.96. The molecule has 1 aromatic heterocycles. The lowest BCUT2D eigenvalue weighted by Crippen LogP contribution is -2.02. The Bertz CT molecular complexity index is 287. The highest BCUT2D eigenvalue weighted by Crippen LogP contribution is 2.29. The van der Waals surface area contributed by atoms with E-state index in [0.717, 1.165) is 12.5 Å². The SMILES string of the molecule is COc1ccnc(OCC2CC2)n1. The maximum atomic E-state index is 5.37. The van der Waals surface area contributed by atoms with E-state index in [1.165, 1.54) is 12.8 Å². The van der Waals surface area contributed by atoms with Crippen molar-refractivity contribution in [2.75, 3.05) is 13.7 Å². The van der Waals surface area contributed by atoms with E-state index < -0.39 is 0 Å². The van der Waals surface area contributed by atoms with Crippen molar-refractivity contribution in [3.05, 3.63) is 12.3 Å². The molecule has 0 atom stereocenters. The van der Waals surface area contributed by atoms with Gasteiger partial charge >= 0.3 is 6.01 Å². The molecule has 1 fully saturated rings. The van der Waals surface area contributed by atoms with Crippen molar-refractivity contribution in [1.29, 1.82) is 0 Å². The summed E-state index contributed by atoms with van der Waals surface area (Å²) in [6.07, 6.45) is 4.17. The quantitative estimate of drug-likeness (QED) is 0.700. The van der Waals surface area contributed by atoms with Crippen LogP contribution in [0.5, 0.6) is 11.9 Å². The first-order chi connectivity index (χ1) is 6.38. The Labute approximate surface area is 76.9 Å². The molecule has 13 heavy (non-hydrogen) atoms. The molecule has 4 nitrogen and oxygen atoms in total. The number of aromatic nitrogens is 2. The second kappa shape index (κ2) is 3.60. The lowest BCUT2D eigenvalue weighted by Gasteiger charge is -2.03. The van der Waals surface area contributed by atoms with Crippen molar-refractivity contribution in [3.8, 4) is 11.9 Å². The number of methoxy groups -OCH3 is 1. The number of nitrogens with zero attached hydrogens (tertiary/aromatic N) is 2. The average Bonchev–Trinajstić information content (AvgIpc) is 2.99. The van der Waals surface area contributed by atoms with Gasteiger partial charge in [0.25, 0.3) is 0 Å². The summed E-state index contributed by atoms with van der Waals surface area (Å²) < 4.78 is 10.3. The highest BCUT2D eigenvalue weighted by atomic mass is 16.5. The second-order valence-corrected chi connectivity index (χ2v) is 3.14. The van der Waals surface area contributed by atoms with Gasteiger partial charge in [-0.25, -0.2) is 4.98 Å². The van der Waals surface area contributed by atoms with Gasteiger partial charge in [-0.2, -0.15) is 4.98 Å². The molecule has 0 bridgehead atoms. The first-order valence-electron chi connectivity index (χ1n) is 4.38.